The quantitative estimate of drug-likeness (QED) is 0.211. The number of anilines is 1. The Hall–Kier alpha value is -4.44. The Kier molecular flexibility index (Phi) is 6.26. The summed E-state index contributed by atoms with van der Waals surface area (Å²) in [5.41, 5.74) is 1.67. The number of hydrogen-bond donors (Lipinski definition) is 0. The minimum atomic E-state index is -0.647. The number of amides is 3. The Bertz CT molecular complexity index is 1480. The molecule has 0 N–H and O–H groups in total. The molecular formula is C26H19FN4O4S. The van der Waals surface area contributed by atoms with Gasteiger partial charge in [-0.25, -0.2) is 9.37 Å². The lowest BCUT2D eigenvalue weighted by molar-refractivity contribution is -0.118. The molecule has 10 heteroatoms. The molecule has 3 amide bonds. The van der Waals surface area contributed by atoms with Crippen LogP contribution in [0.1, 0.15) is 33.2 Å². The van der Waals surface area contributed by atoms with E-state index in [2.05, 4.69) is 10.1 Å². The van der Waals surface area contributed by atoms with Gasteiger partial charge in [0.1, 0.15) is 18.1 Å². The second-order valence-corrected chi connectivity index (χ2v) is 8.81. The van der Waals surface area contributed by atoms with Gasteiger partial charge in [0.05, 0.1) is 34.2 Å². The summed E-state index contributed by atoms with van der Waals surface area (Å²) in [6.07, 6.45) is 1.46. The first-order valence-corrected chi connectivity index (χ1v) is 11.9. The molecule has 1 aliphatic heterocycles. The van der Waals surface area contributed by atoms with Gasteiger partial charge in [0.15, 0.2) is 0 Å². The number of ether oxygens (including phenoxy) is 1. The van der Waals surface area contributed by atoms with E-state index in [-0.39, 0.29) is 16.3 Å². The number of imide groups is 1. The summed E-state index contributed by atoms with van der Waals surface area (Å²) < 4.78 is 19.7. The summed E-state index contributed by atoms with van der Waals surface area (Å²) in [5.74, 6) is -1.48. The number of benzene rings is 3. The van der Waals surface area contributed by atoms with Crippen LogP contribution in [0.2, 0.25) is 0 Å². The number of halogens is 1. The molecule has 1 aliphatic rings. The van der Waals surface area contributed by atoms with E-state index in [1.807, 2.05) is 6.92 Å². The normalized spacial score (nSPS) is 13.0. The maximum atomic E-state index is 13.7. The number of rotatable bonds is 7. The lowest BCUT2D eigenvalue weighted by atomic mass is 10.1. The van der Waals surface area contributed by atoms with Crippen molar-refractivity contribution in [3.05, 3.63) is 89.2 Å². The molecule has 0 spiro atoms. The van der Waals surface area contributed by atoms with Crippen LogP contribution in [0.5, 0.6) is 5.75 Å². The lowest BCUT2D eigenvalue weighted by Crippen LogP contribution is -2.41. The largest absolute Gasteiger partial charge is 0.494 e. The van der Waals surface area contributed by atoms with E-state index in [1.165, 1.54) is 24.4 Å². The Balaban J connectivity index is 1.46. The highest BCUT2D eigenvalue weighted by atomic mass is 32.1. The Morgan fingerprint density at radius 3 is 2.44 bits per heavy atom. The topological polar surface area (TPSA) is 92.2 Å². The van der Waals surface area contributed by atoms with Crippen molar-refractivity contribution in [2.24, 2.45) is 5.10 Å². The fourth-order valence-electron chi connectivity index (χ4n) is 3.72. The Morgan fingerprint density at radius 2 is 1.78 bits per heavy atom. The first-order valence-electron chi connectivity index (χ1n) is 11.1. The average molecular weight is 503 g/mol. The third-order valence-electron chi connectivity index (χ3n) is 5.44. The fourth-order valence-corrected chi connectivity index (χ4v) is 4.69. The standard InChI is InChI=1S/C26H19FN4O4S/c1-2-35-18-10-7-16(8-11-18)14-28-31(26-29-21-12-9-17(27)13-22(21)36-26)23(32)15-30-24(33)19-5-3-4-6-20(19)25(30)34/h3-14H,2,15H2,1H3/b28-14+. The van der Waals surface area contributed by atoms with Crippen molar-refractivity contribution in [3.8, 4) is 5.75 Å². The smallest absolute Gasteiger partial charge is 0.269 e. The van der Waals surface area contributed by atoms with E-state index in [9.17, 15) is 18.8 Å². The van der Waals surface area contributed by atoms with E-state index in [0.29, 0.717) is 28.1 Å². The van der Waals surface area contributed by atoms with Crippen molar-refractivity contribution in [1.29, 1.82) is 0 Å². The van der Waals surface area contributed by atoms with Crippen LogP contribution >= 0.6 is 11.3 Å². The number of nitrogens with zero attached hydrogens (tertiary/aromatic N) is 4. The highest BCUT2D eigenvalue weighted by Gasteiger charge is 2.37. The van der Waals surface area contributed by atoms with Crippen LogP contribution in [0, 0.1) is 5.82 Å². The molecule has 5 rings (SSSR count). The molecule has 0 saturated heterocycles. The summed E-state index contributed by atoms with van der Waals surface area (Å²) in [6, 6.07) is 17.6. The number of thiazole rings is 1. The molecule has 3 aromatic carbocycles. The number of aromatic nitrogens is 1. The molecule has 0 atom stereocenters. The van der Waals surface area contributed by atoms with Crippen molar-refractivity contribution >= 4 is 50.6 Å². The van der Waals surface area contributed by atoms with Gasteiger partial charge in [-0.2, -0.15) is 10.1 Å². The van der Waals surface area contributed by atoms with Crippen molar-refractivity contribution in [2.75, 3.05) is 18.2 Å². The second-order valence-electron chi connectivity index (χ2n) is 7.80. The zero-order valence-corrected chi connectivity index (χ0v) is 19.9. The van der Waals surface area contributed by atoms with Crippen LogP contribution in [-0.2, 0) is 4.79 Å². The minimum absolute atomic E-state index is 0.180. The van der Waals surface area contributed by atoms with Crippen LogP contribution in [0.3, 0.4) is 0 Å². The maximum absolute atomic E-state index is 13.7. The average Bonchev–Trinajstić information content (AvgIpc) is 3.40. The molecule has 4 aromatic rings. The van der Waals surface area contributed by atoms with Crippen molar-refractivity contribution in [2.45, 2.75) is 6.92 Å². The number of hydrogen-bond acceptors (Lipinski definition) is 7. The summed E-state index contributed by atoms with van der Waals surface area (Å²) in [6.45, 7) is 1.89. The maximum Gasteiger partial charge on any atom is 0.269 e. The Labute approximate surface area is 209 Å². The molecule has 180 valence electrons. The molecule has 1 aromatic heterocycles. The van der Waals surface area contributed by atoms with Gasteiger partial charge in [0.2, 0.25) is 5.13 Å². The molecule has 36 heavy (non-hydrogen) atoms. The zero-order chi connectivity index (χ0) is 25.2. The number of carbonyl (C=O) groups is 3. The molecule has 0 aliphatic carbocycles. The molecule has 0 radical (unpaired) electrons. The third-order valence-corrected chi connectivity index (χ3v) is 6.44. The van der Waals surface area contributed by atoms with Gasteiger partial charge in [0, 0.05) is 0 Å². The highest BCUT2D eigenvalue weighted by Crippen LogP contribution is 2.30. The van der Waals surface area contributed by atoms with Crippen LogP contribution in [0.25, 0.3) is 10.2 Å². The van der Waals surface area contributed by atoms with Gasteiger partial charge in [0.25, 0.3) is 17.7 Å². The number of hydrazone groups is 1. The second kappa shape index (κ2) is 9.67. The summed E-state index contributed by atoms with van der Waals surface area (Å²) in [4.78, 5) is 44.2. The van der Waals surface area contributed by atoms with Gasteiger partial charge < -0.3 is 4.74 Å². The summed E-state index contributed by atoms with van der Waals surface area (Å²) in [5, 5.41) is 5.53. The van der Waals surface area contributed by atoms with E-state index in [4.69, 9.17) is 4.74 Å². The first-order chi connectivity index (χ1) is 17.4. The van der Waals surface area contributed by atoms with Gasteiger partial charge >= 0.3 is 0 Å². The predicted octanol–water partition coefficient (Wildman–Crippen LogP) is 4.50. The molecular weight excluding hydrogens is 483 g/mol. The zero-order valence-electron chi connectivity index (χ0n) is 19.1. The predicted molar refractivity (Wildman–Crippen MR) is 134 cm³/mol. The fraction of sp³-hybridized carbons (Fsp3) is 0.115. The molecule has 8 nitrogen and oxygen atoms in total. The third kappa shape index (κ3) is 4.46. The Morgan fingerprint density at radius 1 is 1.08 bits per heavy atom. The van der Waals surface area contributed by atoms with Gasteiger partial charge in [-0.15, -0.1) is 0 Å². The molecule has 0 saturated carbocycles. The van der Waals surface area contributed by atoms with Gasteiger partial charge in [-0.05, 0) is 67.1 Å². The van der Waals surface area contributed by atoms with E-state index in [0.717, 1.165) is 21.2 Å². The van der Waals surface area contributed by atoms with Crippen molar-refractivity contribution in [1.82, 2.24) is 9.88 Å². The molecule has 2 heterocycles. The number of fused-ring (bicyclic) bond motifs is 2. The van der Waals surface area contributed by atoms with Crippen LogP contribution in [0.4, 0.5) is 9.52 Å². The SMILES string of the molecule is CCOc1ccc(/C=N/N(C(=O)CN2C(=O)c3ccccc3C2=O)c2nc3ccc(F)cc3s2)cc1. The van der Waals surface area contributed by atoms with Crippen molar-refractivity contribution in [3.63, 3.8) is 0 Å². The monoisotopic (exact) mass is 502 g/mol. The summed E-state index contributed by atoms with van der Waals surface area (Å²) in [7, 11) is 0. The molecule has 0 unspecified atom stereocenters. The minimum Gasteiger partial charge on any atom is -0.494 e. The van der Waals surface area contributed by atoms with E-state index in [1.54, 1.807) is 48.5 Å². The molecule has 0 fully saturated rings. The van der Waals surface area contributed by atoms with Crippen molar-refractivity contribution < 1.29 is 23.5 Å². The van der Waals surface area contributed by atoms with E-state index >= 15 is 0 Å². The van der Waals surface area contributed by atoms with E-state index < -0.39 is 30.1 Å². The lowest BCUT2D eigenvalue weighted by Gasteiger charge is -2.18. The highest BCUT2D eigenvalue weighted by molar-refractivity contribution is 7.22. The number of carbonyl (C=O) groups excluding carboxylic acids is 3. The van der Waals surface area contributed by atoms with Gasteiger partial charge in [-0.1, -0.05) is 23.5 Å². The molecule has 0 bridgehead atoms. The van der Waals surface area contributed by atoms with Gasteiger partial charge in [-0.3, -0.25) is 19.3 Å². The first kappa shape index (κ1) is 23.3. The van der Waals surface area contributed by atoms with Crippen LogP contribution < -0.4 is 9.75 Å². The van der Waals surface area contributed by atoms with Crippen LogP contribution in [0.15, 0.2) is 71.8 Å². The summed E-state index contributed by atoms with van der Waals surface area (Å²) >= 11 is 1.07. The van der Waals surface area contributed by atoms with Crippen LogP contribution in [-0.4, -0.2) is 47.0 Å².